The van der Waals surface area contributed by atoms with Crippen LogP contribution < -0.4 is 5.32 Å². The number of nitro groups is 1. The molecule has 2 unspecified atom stereocenters. The molecule has 0 amide bonds. The van der Waals surface area contributed by atoms with E-state index in [-0.39, 0.29) is 34.7 Å². The van der Waals surface area contributed by atoms with E-state index in [0.29, 0.717) is 12.0 Å². The third-order valence-electron chi connectivity index (χ3n) is 3.51. The van der Waals surface area contributed by atoms with Crippen molar-refractivity contribution in [3.63, 3.8) is 0 Å². The molecule has 0 radical (unpaired) electrons. The van der Waals surface area contributed by atoms with E-state index in [1.165, 1.54) is 6.07 Å². The van der Waals surface area contributed by atoms with E-state index >= 15 is 0 Å². The minimum atomic E-state index is -0.356. The molecule has 0 spiro atoms. The van der Waals surface area contributed by atoms with Crippen molar-refractivity contribution in [3.8, 4) is 0 Å². The molecule has 112 valence electrons. The number of para-hydroxylation sites is 1. The molecule has 0 bridgehead atoms. The Morgan fingerprint density at radius 3 is 2.45 bits per heavy atom. The van der Waals surface area contributed by atoms with Crippen LogP contribution in [-0.2, 0) is 0 Å². The van der Waals surface area contributed by atoms with Crippen molar-refractivity contribution in [1.82, 2.24) is 5.32 Å². The van der Waals surface area contributed by atoms with E-state index in [2.05, 4.69) is 26.1 Å². The van der Waals surface area contributed by atoms with Gasteiger partial charge in [0.2, 0.25) is 0 Å². The summed E-state index contributed by atoms with van der Waals surface area (Å²) in [7, 11) is 0. The summed E-state index contributed by atoms with van der Waals surface area (Å²) in [5, 5.41) is 23.7. The van der Waals surface area contributed by atoms with Crippen molar-refractivity contribution in [2.75, 3.05) is 6.61 Å². The van der Waals surface area contributed by atoms with Crippen LogP contribution in [0.4, 0.5) is 5.69 Å². The topological polar surface area (TPSA) is 75.4 Å². The molecule has 5 nitrogen and oxygen atoms in total. The van der Waals surface area contributed by atoms with Gasteiger partial charge in [-0.05, 0) is 18.8 Å². The Hall–Kier alpha value is -1.46. The van der Waals surface area contributed by atoms with Crippen LogP contribution in [0.15, 0.2) is 24.3 Å². The highest BCUT2D eigenvalue weighted by Gasteiger charge is 2.27. The van der Waals surface area contributed by atoms with Crippen LogP contribution in [0, 0.1) is 15.5 Å². The second-order valence-corrected chi connectivity index (χ2v) is 6.14. The highest BCUT2D eigenvalue weighted by atomic mass is 16.6. The molecular formula is C15H24N2O3. The highest BCUT2D eigenvalue weighted by molar-refractivity contribution is 5.41. The largest absolute Gasteiger partial charge is 0.396 e. The van der Waals surface area contributed by atoms with Crippen molar-refractivity contribution < 1.29 is 10.0 Å². The average molecular weight is 280 g/mol. The summed E-state index contributed by atoms with van der Waals surface area (Å²) in [5.74, 6) is 0. The first kappa shape index (κ1) is 16.6. The van der Waals surface area contributed by atoms with E-state index in [0.717, 1.165) is 0 Å². The van der Waals surface area contributed by atoms with Crippen molar-refractivity contribution in [1.29, 1.82) is 0 Å². The third-order valence-corrected chi connectivity index (χ3v) is 3.51. The van der Waals surface area contributed by atoms with E-state index in [4.69, 9.17) is 0 Å². The molecule has 1 rings (SSSR count). The molecule has 2 N–H and O–H groups in total. The second-order valence-electron chi connectivity index (χ2n) is 6.14. The summed E-state index contributed by atoms with van der Waals surface area (Å²) in [6, 6.07) is 6.71. The van der Waals surface area contributed by atoms with E-state index in [1.807, 2.05) is 6.92 Å². The summed E-state index contributed by atoms with van der Waals surface area (Å²) in [5.41, 5.74) is 0.773. The van der Waals surface area contributed by atoms with Crippen molar-refractivity contribution >= 4 is 5.69 Å². The molecule has 0 saturated heterocycles. The summed E-state index contributed by atoms with van der Waals surface area (Å²) in [6.45, 7) is 8.28. The molecule has 5 heteroatoms. The smallest absolute Gasteiger partial charge is 0.274 e. The highest BCUT2D eigenvalue weighted by Crippen LogP contribution is 2.28. The minimum Gasteiger partial charge on any atom is -0.396 e. The Balaban J connectivity index is 2.95. The number of nitrogens with one attached hydrogen (secondary N) is 1. The first-order valence-corrected chi connectivity index (χ1v) is 6.87. The van der Waals surface area contributed by atoms with Gasteiger partial charge in [-0.3, -0.25) is 10.1 Å². The number of benzene rings is 1. The standard InChI is InChI=1S/C15H24N2O3/c1-11(16-14(9-10-18)15(2,3)4)12-7-5-6-8-13(12)17(19)20/h5-8,11,14,16,18H,9-10H2,1-4H3. The van der Waals surface area contributed by atoms with Crippen LogP contribution in [-0.4, -0.2) is 22.7 Å². The lowest BCUT2D eigenvalue weighted by molar-refractivity contribution is -0.385. The Morgan fingerprint density at radius 1 is 1.35 bits per heavy atom. The zero-order valence-electron chi connectivity index (χ0n) is 12.6. The molecule has 0 heterocycles. The van der Waals surface area contributed by atoms with Gasteiger partial charge in [0.1, 0.15) is 0 Å². The van der Waals surface area contributed by atoms with Gasteiger partial charge in [0.05, 0.1) is 4.92 Å². The third kappa shape index (κ3) is 4.28. The summed E-state index contributed by atoms with van der Waals surface area (Å²) < 4.78 is 0. The van der Waals surface area contributed by atoms with Crippen molar-refractivity contribution in [2.45, 2.75) is 46.2 Å². The molecule has 0 aliphatic carbocycles. The number of aliphatic hydroxyl groups is 1. The molecule has 20 heavy (non-hydrogen) atoms. The van der Waals surface area contributed by atoms with Gasteiger partial charge in [0, 0.05) is 30.3 Å². The van der Waals surface area contributed by atoms with Crippen LogP contribution in [0.25, 0.3) is 0 Å². The molecule has 2 atom stereocenters. The SMILES string of the molecule is CC(NC(CCO)C(C)(C)C)c1ccccc1[N+](=O)[O-]. The Labute approximate surface area is 120 Å². The van der Waals surface area contributed by atoms with Gasteiger partial charge in [0.25, 0.3) is 5.69 Å². The van der Waals surface area contributed by atoms with E-state index in [9.17, 15) is 15.2 Å². The van der Waals surface area contributed by atoms with Gasteiger partial charge in [-0.1, -0.05) is 39.0 Å². The zero-order chi connectivity index (χ0) is 15.3. The molecular weight excluding hydrogens is 256 g/mol. The Kier molecular flexibility index (Phi) is 5.65. The van der Waals surface area contributed by atoms with Crippen molar-refractivity contribution in [3.05, 3.63) is 39.9 Å². The van der Waals surface area contributed by atoms with Crippen LogP contribution in [0.3, 0.4) is 0 Å². The quantitative estimate of drug-likeness (QED) is 0.620. The maximum Gasteiger partial charge on any atom is 0.274 e. The summed E-state index contributed by atoms with van der Waals surface area (Å²) >= 11 is 0. The minimum absolute atomic E-state index is 0.0272. The molecule has 0 fully saturated rings. The Bertz CT molecular complexity index is 455. The summed E-state index contributed by atoms with van der Waals surface area (Å²) in [6.07, 6.45) is 0.620. The first-order valence-electron chi connectivity index (χ1n) is 6.87. The number of hydrogen-bond donors (Lipinski definition) is 2. The van der Waals surface area contributed by atoms with Crippen LogP contribution in [0.2, 0.25) is 0 Å². The fraction of sp³-hybridized carbons (Fsp3) is 0.600. The van der Waals surface area contributed by atoms with Gasteiger partial charge in [-0.2, -0.15) is 0 Å². The molecule has 1 aromatic carbocycles. The zero-order valence-corrected chi connectivity index (χ0v) is 12.6. The second kappa shape index (κ2) is 6.81. The number of nitro benzene ring substituents is 1. The molecule has 0 aromatic heterocycles. The molecule has 0 saturated carbocycles. The van der Waals surface area contributed by atoms with Crippen LogP contribution >= 0.6 is 0 Å². The monoisotopic (exact) mass is 280 g/mol. The number of rotatable bonds is 6. The maximum atomic E-state index is 11.1. The van der Waals surface area contributed by atoms with Gasteiger partial charge in [-0.15, -0.1) is 0 Å². The first-order chi connectivity index (χ1) is 9.27. The van der Waals surface area contributed by atoms with E-state index < -0.39 is 0 Å². The lowest BCUT2D eigenvalue weighted by atomic mass is 9.84. The predicted molar refractivity (Wildman–Crippen MR) is 79.6 cm³/mol. The molecule has 0 aliphatic heterocycles. The van der Waals surface area contributed by atoms with Gasteiger partial charge < -0.3 is 10.4 Å². The maximum absolute atomic E-state index is 11.1. The average Bonchev–Trinajstić information content (AvgIpc) is 2.37. The van der Waals surface area contributed by atoms with Gasteiger partial charge >= 0.3 is 0 Å². The fourth-order valence-corrected chi connectivity index (χ4v) is 2.31. The fourth-order valence-electron chi connectivity index (χ4n) is 2.31. The lowest BCUT2D eigenvalue weighted by Gasteiger charge is -2.33. The lowest BCUT2D eigenvalue weighted by Crippen LogP contribution is -2.42. The van der Waals surface area contributed by atoms with Crippen LogP contribution in [0.5, 0.6) is 0 Å². The van der Waals surface area contributed by atoms with Crippen molar-refractivity contribution in [2.24, 2.45) is 5.41 Å². The summed E-state index contributed by atoms with van der Waals surface area (Å²) in [4.78, 5) is 10.7. The number of nitrogens with zero attached hydrogens (tertiary/aromatic N) is 1. The number of aliphatic hydroxyl groups excluding tert-OH is 1. The van der Waals surface area contributed by atoms with E-state index in [1.54, 1.807) is 18.2 Å². The molecule has 1 aromatic rings. The van der Waals surface area contributed by atoms with Gasteiger partial charge in [0.15, 0.2) is 0 Å². The predicted octanol–water partition coefficient (Wildman–Crippen LogP) is 3.04. The van der Waals surface area contributed by atoms with Gasteiger partial charge in [-0.25, -0.2) is 0 Å². The Morgan fingerprint density at radius 2 is 1.95 bits per heavy atom. The van der Waals surface area contributed by atoms with Crippen LogP contribution in [0.1, 0.15) is 45.7 Å². The molecule has 0 aliphatic rings. The normalized spacial score (nSPS) is 14.8. The number of hydrogen-bond acceptors (Lipinski definition) is 4.